The first-order valence-electron chi connectivity index (χ1n) is 7.41. The highest BCUT2D eigenvalue weighted by Gasteiger charge is 2.04. The second-order valence-corrected chi connectivity index (χ2v) is 5.07. The fraction of sp³-hybridized carbons (Fsp3) is 0.158. The van der Waals surface area contributed by atoms with Crippen LogP contribution in [0.4, 0.5) is 0 Å². The maximum Gasteiger partial charge on any atom is 0.336 e. The second kappa shape index (κ2) is 8.53. The minimum Gasteiger partial charge on any atom is -0.508 e. The van der Waals surface area contributed by atoms with E-state index in [1.165, 1.54) is 25.3 Å². The number of aryl methyl sites for hydroxylation is 1. The van der Waals surface area contributed by atoms with Crippen molar-refractivity contribution < 1.29 is 24.2 Å². The summed E-state index contributed by atoms with van der Waals surface area (Å²) in [4.78, 5) is 22.9. The average molecular weight is 326 g/mol. The van der Waals surface area contributed by atoms with Gasteiger partial charge in [-0.25, -0.2) is 4.79 Å². The molecule has 2 aromatic carbocycles. The van der Waals surface area contributed by atoms with Crippen molar-refractivity contribution >= 4 is 18.0 Å². The zero-order chi connectivity index (χ0) is 17.4. The van der Waals surface area contributed by atoms with Gasteiger partial charge in [-0.3, -0.25) is 4.79 Å². The molecule has 0 unspecified atom stereocenters. The van der Waals surface area contributed by atoms with E-state index in [-0.39, 0.29) is 11.7 Å². The summed E-state index contributed by atoms with van der Waals surface area (Å²) in [7, 11) is 1.36. The Morgan fingerprint density at radius 2 is 1.71 bits per heavy atom. The van der Waals surface area contributed by atoms with Gasteiger partial charge in [0.1, 0.15) is 11.5 Å². The van der Waals surface area contributed by atoms with Crippen LogP contribution in [0.15, 0.2) is 54.6 Å². The first kappa shape index (κ1) is 17.3. The summed E-state index contributed by atoms with van der Waals surface area (Å²) in [5.41, 5.74) is 1.74. The van der Waals surface area contributed by atoms with Gasteiger partial charge in [-0.2, -0.15) is 0 Å². The average Bonchev–Trinajstić information content (AvgIpc) is 2.60. The molecule has 5 nitrogen and oxygen atoms in total. The Kier molecular flexibility index (Phi) is 6.14. The normalized spacial score (nSPS) is 10.5. The Bertz CT molecular complexity index is 714. The summed E-state index contributed by atoms with van der Waals surface area (Å²) < 4.78 is 9.78. The Balaban J connectivity index is 1.87. The number of benzene rings is 2. The van der Waals surface area contributed by atoms with Gasteiger partial charge in [0.2, 0.25) is 0 Å². The molecule has 0 saturated carbocycles. The predicted molar refractivity (Wildman–Crippen MR) is 89.6 cm³/mol. The van der Waals surface area contributed by atoms with Crippen LogP contribution < -0.4 is 4.74 Å². The van der Waals surface area contributed by atoms with Crippen LogP contribution in [0, 0.1) is 0 Å². The highest BCUT2D eigenvalue weighted by molar-refractivity contribution is 5.88. The predicted octanol–water partition coefficient (Wildman–Crippen LogP) is 3.12. The number of phenols is 1. The molecular formula is C19H18O5. The van der Waals surface area contributed by atoms with E-state index in [0.717, 1.165) is 11.1 Å². The zero-order valence-corrected chi connectivity index (χ0v) is 13.3. The molecular weight excluding hydrogens is 308 g/mol. The molecule has 0 atom stereocenters. The number of ether oxygens (including phenoxy) is 2. The smallest absolute Gasteiger partial charge is 0.336 e. The molecule has 0 aliphatic carbocycles. The number of hydrogen-bond acceptors (Lipinski definition) is 5. The summed E-state index contributed by atoms with van der Waals surface area (Å²) >= 11 is 0. The van der Waals surface area contributed by atoms with Gasteiger partial charge in [0.05, 0.1) is 7.11 Å². The fourth-order valence-electron chi connectivity index (χ4n) is 1.97. The highest BCUT2D eigenvalue weighted by Crippen LogP contribution is 2.15. The van der Waals surface area contributed by atoms with Crippen LogP contribution in [0.2, 0.25) is 0 Å². The van der Waals surface area contributed by atoms with Crippen molar-refractivity contribution in [2.75, 3.05) is 7.11 Å². The lowest BCUT2D eigenvalue weighted by Gasteiger charge is -2.04. The Morgan fingerprint density at radius 1 is 1.04 bits per heavy atom. The van der Waals surface area contributed by atoms with Gasteiger partial charge in [0, 0.05) is 12.5 Å². The number of hydrogen-bond donors (Lipinski definition) is 1. The lowest BCUT2D eigenvalue weighted by Crippen LogP contribution is -2.04. The van der Waals surface area contributed by atoms with Crippen LogP contribution in [-0.4, -0.2) is 24.2 Å². The third-order valence-corrected chi connectivity index (χ3v) is 3.29. The lowest BCUT2D eigenvalue weighted by atomic mass is 10.1. The zero-order valence-electron chi connectivity index (χ0n) is 13.3. The van der Waals surface area contributed by atoms with Gasteiger partial charge in [-0.15, -0.1) is 0 Å². The quantitative estimate of drug-likeness (QED) is 0.501. The van der Waals surface area contributed by atoms with Crippen molar-refractivity contribution in [3.05, 3.63) is 65.7 Å². The molecule has 0 aromatic heterocycles. The van der Waals surface area contributed by atoms with Crippen molar-refractivity contribution in [1.82, 2.24) is 0 Å². The number of phenolic OH excluding ortho intramolecular Hbond substituents is 1. The van der Waals surface area contributed by atoms with Crippen LogP contribution in [-0.2, 0) is 20.7 Å². The molecule has 0 bridgehead atoms. The number of carbonyl (C=O) groups excluding carboxylic acids is 2. The van der Waals surface area contributed by atoms with Crippen LogP contribution in [0.25, 0.3) is 6.08 Å². The monoisotopic (exact) mass is 326 g/mol. The van der Waals surface area contributed by atoms with E-state index in [9.17, 15) is 14.7 Å². The molecule has 1 N–H and O–H groups in total. The van der Waals surface area contributed by atoms with Crippen LogP contribution in [0.3, 0.4) is 0 Å². The molecule has 0 fully saturated rings. The van der Waals surface area contributed by atoms with Gasteiger partial charge in [0.15, 0.2) is 0 Å². The maximum atomic E-state index is 11.8. The van der Waals surface area contributed by atoms with Crippen molar-refractivity contribution in [2.24, 2.45) is 0 Å². The van der Waals surface area contributed by atoms with E-state index in [2.05, 4.69) is 4.74 Å². The minimum atomic E-state index is -0.495. The van der Waals surface area contributed by atoms with Crippen molar-refractivity contribution in [3.63, 3.8) is 0 Å². The van der Waals surface area contributed by atoms with E-state index in [1.54, 1.807) is 42.5 Å². The second-order valence-electron chi connectivity index (χ2n) is 5.07. The third-order valence-electron chi connectivity index (χ3n) is 3.29. The van der Waals surface area contributed by atoms with Gasteiger partial charge in [-0.1, -0.05) is 24.3 Å². The molecule has 2 aromatic rings. The highest BCUT2D eigenvalue weighted by atomic mass is 16.5. The van der Waals surface area contributed by atoms with Crippen LogP contribution in [0.5, 0.6) is 11.5 Å². The first-order chi connectivity index (χ1) is 11.6. The third kappa shape index (κ3) is 5.61. The number of esters is 2. The summed E-state index contributed by atoms with van der Waals surface area (Å²) in [6, 6.07) is 13.4. The van der Waals surface area contributed by atoms with Crippen LogP contribution in [0.1, 0.15) is 17.5 Å². The van der Waals surface area contributed by atoms with E-state index >= 15 is 0 Å². The molecule has 0 aliphatic heterocycles. The molecule has 5 heteroatoms. The Labute approximate surface area is 140 Å². The van der Waals surface area contributed by atoms with E-state index in [4.69, 9.17) is 4.74 Å². The molecule has 0 spiro atoms. The Morgan fingerprint density at radius 3 is 2.33 bits per heavy atom. The van der Waals surface area contributed by atoms with E-state index in [1.807, 2.05) is 0 Å². The Hall–Kier alpha value is -3.08. The SMILES string of the molecule is COC(=O)CCc1ccc(OC(=O)/C=C/c2ccc(O)cc2)cc1. The van der Waals surface area contributed by atoms with Crippen molar-refractivity contribution in [2.45, 2.75) is 12.8 Å². The van der Waals surface area contributed by atoms with Crippen molar-refractivity contribution in [1.29, 1.82) is 0 Å². The summed E-state index contributed by atoms with van der Waals surface area (Å²) in [6.07, 6.45) is 3.80. The number of methoxy groups -OCH3 is 1. The van der Waals surface area contributed by atoms with Gasteiger partial charge in [-0.05, 0) is 47.9 Å². The molecule has 0 saturated heterocycles. The molecule has 0 heterocycles. The summed E-state index contributed by atoms with van der Waals surface area (Å²) in [6.45, 7) is 0. The molecule has 24 heavy (non-hydrogen) atoms. The van der Waals surface area contributed by atoms with E-state index < -0.39 is 5.97 Å². The van der Waals surface area contributed by atoms with Crippen molar-refractivity contribution in [3.8, 4) is 11.5 Å². The molecule has 0 amide bonds. The molecule has 124 valence electrons. The molecule has 0 aliphatic rings. The topological polar surface area (TPSA) is 72.8 Å². The fourth-order valence-corrected chi connectivity index (χ4v) is 1.97. The van der Waals surface area contributed by atoms with E-state index in [0.29, 0.717) is 18.6 Å². The standard InChI is InChI=1S/C19H18O5/c1-23-18(21)12-6-15-4-10-17(11-5-15)24-19(22)13-7-14-2-8-16(20)9-3-14/h2-5,7-11,13,20H,6,12H2,1H3/b13-7+. The van der Waals surface area contributed by atoms with Gasteiger partial charge >= 0.3 is 11.9 Å². The number of aromatic hydroxyl groups is 1. The minimum absolute atomic E-state index is 0.169. The van der Waals surface area contributed by atoms with Gasteiger partial charge in [0.25, 0.3) is 0 Å². The molecule has 2 rings (SSSR count). The van der Waals surface area contributed by atoms with Gasteiger partial charge < -0.3 is 14.6 Å². The number of carbonyl (C=O) groups is 2. The first-order valence-corrected chi connectivity index (χ1v) is 7.41. The summed E-state index contributed by atoms with van der Waals surface area (Å²) in [5.74, 6) is -0.158. The number of rotatable bonds is 6. The van der Waals surface area contributed by atoms with Crippen LogP contribution >= 0.6 is 0 Å². The maximum absolute atomic E-state index is 11.8. The molecule has 0 radical (unpaired) electrons. The lowest BCUT2D eigenvalue weighted by molar-refractivity contribution is -0.140. The summed E-state index contributed by atoms with van der Waals surface area (Å²) in [5, 5.41) is 9.19. The largest absolute Gasteiger partial charge is 0.508 e.